The highest BCUT2D eigenvalue weighted by Gasteiger charge is 2.08. The van der Waals surface area contributed by atoms with Crippen LogP contribution < -0.4 is 14.3 Å². The van der Waals surface area contributed by atoms with E-state index in [1.54, 1.807) is 25.6 Å². The van der Waals surface area contributed by atoms with Crippen molar-refractivity contribution in [1.29, 1.82) is 0 Å². The molecule has 130 valence electrons. The van der Waals surface area contributed by atoms with Gasteiger partial charge in [-0.25, -0.2) is 0 Å². The maximum atomic E-state index is 5.38. The Labute approximate surface area is 150 Å². The van der Waals surface area contributed by atoms with Crippen molar-refractivity contribution in [3.63, 3.8) is 0 Å². The summed E-state index contributed by atoms with van der Waals surface area (Å²) in [5, 5.41) is 8.99. The van der Waals surface area contributed by atoms with Crippen molar-refractivity contribution < 1.29 is 9.47 Å². The van der Waals surface area contributed by atoms with E-state index in [2.05, 4.69) is 33.8 Å². The second kappa shape index (κ2) is 7.53. The van der Waals surface area contributed by atoms with E-state index >= 15 is 0 Å². The number of hydrogen-bond acceptors (Lipinski definition) is 5. The van der Waals surface area contributed by atoms with Crippen molar-refractivity contribution >= 4 is 27.3 Å². The molecule has 0 N–H and O–H groups in total. The summed E-state index contributed by atoms with van der Waals surface area (Å²) in [5.74, 6) is 1.39. The van der Waals surface area contributed by atoms with Crippen LogP contribution >= 0.6 is 11.3 Å². The molecule has 25 heavy (non-hydrogen) atoms. The number of benzene rings is 2. The molecule has 1 aromatic heterocycles. The Morgan fingerprint density at radius 1 is 1.08 bits per heavy atom. The van der Waals surface area contributed by atoms with Crippen LogP contribution in [-0.4, -0.2) is 24.5 Å². The Balaban J connectivity index is 2.04. The Kier molecular flexibility index (Phi) is 5.19. The lowest BCUT2D eigenvalue weighted by molar-refractivity contribution is 0.355. The summed E-state index contributed by atoms with van der Waals surface area (Å²) >= 11 is 1.63. The number of para-hydroxylation sites is 1. The van der Waals surface area contributed by atoms with Gasteiger partial charge in [-0.05, 0) is 36.8 Å². The third-order valence-electron chi connectivity index (χ3n) is 4.02. The minimum Gasteiger partial charge on any atom is -0.493 e. The number of hydrogen-bond donors (Lipinski definition) is 0. The van der Waals surface area contributed by atoms with Crippen LogP contribution in [0.5, 0.6) is 11.5 Å². The van der Waals surface area contributed by atoms with Gasteiger partial charge in [0.1, 0.15) is 0 Å². The van der Waals surface area contributed by atoms with Gasteiger partial charge in [-0.15, -0.1) is 5.10 Å². The number of thiazole rings is 1. The predicted molar refractivity (Wildman–Crippen MR) is 103 cm³/mol. The van der Waals surface area contributed by atoms with Crippen molar-refractivity contribution in [3.05, 3.63) is 52.8 Å². The smallest absolute Gasteiger partial charge is 0.211 e. The maximum Gasteiger partial charge on any atom is 0.211 e. The van der Waals surface area contributed by atoms with E-state index in [9.17, 15) is 0 Å². The lowest BCUT2D eigenvalue weighted by Crippen LogP contribution is -2.10. The third kappa shape index (κ3) is 3.44. The van der Waals surface area contributed by atoms with Crippen molar-refractivity contribution in [3.8, 4) is 11.5 Å². The molecule has 3 rings (SSSR count). The van der Waals surface area contributed by atoms with Crippen LogP contribution in [0.2, 0.25) is 0 Å². The Morgan fingerprint density at radius 3 is 2.52 bits per heavy atom. The van der Waals surface area contributed by atoms with Crippen molar-refractivity contribution in [1.82, 2.24) is 4.57 Å². The Hall–Kier alpha value is -2.60. The second-order valence-corrected chi connectivity index (χ2v) is 6.49. The Morgan fingerprint density at radius 2 is 1.84 bits per heavy atom. The van der Waals surface area contributed by atoms with Gasteiger partial charge >= 0.3 is 0 Å². The van der Waals surface area contributed by atoms with E-state index in [4.69, 9.17) is 9.47 Å². The summed E-state index contributed by atoms with van der Waals surface area (Å²) in [7, 11) is 5.27. The van der Waals surface area contributed by atoms with E-state index in [0.717, 1.165) is 28.0 Å². The van der Waals surface area contributed by atoms with Crippen LogP contribution in [-0.2, 0) is 7.05 Å². The lowest BCUT2D eigenvalue weighted by Gasteiger charge is -2.09. The number of fused-ring (bicyclic) bond motifs is 1. The number of aromatic nitrogens is 1. The molecule has 0 fully saturated rings. The molecular formula is C19H21N3O2S. The molecule has 0 bridgehead atoms. The largest absolute Gasteiger partial charge is 0.493 e. The lowest BCUT2D eigenvalue weighted by atomic mass is 10.1. The van der Waals surface area contributed by atoms with Gasteiger partial charge < -0.3 is 14.0 Å². The second-order valence-electron chi connectivity index (χ2n) is 5.48. The number of nitrogens with zero attached hydrogens (tertiary/aromatic N) is 3. The molecule has 0 radical (unpaired) electrons. The molecule has 3 aromatic rings. The molecule has 0 amide bonds. The number of rotatable bonds is 5. The molecule has 1 heterocycles. The quantitative estimate of drug-likeness (QED) is 0.513. The van der Waals surface area contributed by atoms with Crippen molar-refractivity contribution in [2.24, 2.45) is 17.3 Å². The first-order valence-electron chi connectivity index (χ1n) is 8.05. The number of aryl methyl sites for hydroxylation is 1. The molecule has 2 aromatic carbocycles. The first-order chi connectivity index (χ1) is 12.2. The molecule has 0 atom stereocenters. The van der Waals surface area contributed by atoms with Crippen LogP contribution in [0.3, 0.4) is 0 Å². The molecule has 0 saturated carbocycles. The fourth-order valence-corrected chi connectivity index (χ4v) is 3.60. The molecule has 6 heteroatoms. The minimum absolute atomic E-state index is 0.688. The van der Waals surface area contributed by atoms with E-state index in [-0.39, 0.29) is 0 Å². The predicted octanol–water partition coefficient (Wildman–Crippen LogP) is 3.97. The molecule has 0 aliphatic heterocycles. The summed E-state index contributed by atoms with van der Waals surface area (Å²) in [5.41, 5.74) is 3.04. The van der Waals surface area contributed by atoms with Crippen LogP contribution in [0.25, 0.3) is 10.2 Å². The van der Waals surface area contributed by atoms with Gasteiger partial charge in [-0.2, -0.15) is 5.10 Å². The average molecular weight is 355 g/mol. The SMILES string of the molecule is CC/C(=N\N=c1/sc2ccccc2n1C)c1ccc(OC)c(OC)c1. The first kappa shape index (κ1) is 17.2. The van der Waals surface area contributed by atoms with E-state index < -0.39 is 0 Å². The minimum atomic E-state index is 0.688. The van der Waals surface area contributed by atoms with E-state index in [0.29, 0.717) is 11.5 Å². The van der Waals surface area contributed by atoms with E-state index in [1.807, 2.05) is 37.4 Å². The zero-order valence-electron chi connectivity index (χ0n) is 14.8. The van der Waals surface area contributed by atoms with Crippen LogP contribution in [0.1, 0.15) is 18.9 Å². The van der Waals surface area contributed by atoms with Crippen LogP contribution in [0, 0.1) is 0 Å². The number of methoxy groups -OCH3 is 2. The zero-order chi connectivity index (χ0) is 17.8. The fraction of sp³-hybridized carbons (Fsp3) is 0.263. The van der Waals surface area contributed by atoms with Gasteiger partial charge in [0.05, 0.1) is 30.1 Å². The fourth-order valence-electron chi connectivity index (χ4n) is 2.63. The highest BCUT2D eigenvalue weighted by molar-refractivity contribution is 7.16. The van der Waals surface area contributed by atoms with Gasteiger partial charge in [0.25, 0.3) is 0 Å². The number of ether oxygens (including phenoxy) is 2. The van der Waals surface area contributed by atoms with E-state index in [1.165, 1.54) is 4.70 Å². The maximum absolute atomic E-state index is 5.38. The summed E-state index contributed by atoms with van der Waals surface area (Å²) in [6.07, 6.45) is 0.771. The van der Waals surface area contributed by atoms with Gasteiger partial charge in [0.15, 0.2) is 11.5 Å². The zero-order valence-corrected chi connectivity index (χ0v) is 15.6. The topological polar surface area (TPSA) is 48.1 Å². The third-order valence-corrected chi connectivity index (χ3v) is 5.13. The monoisotopic (exact) mass is 355 g/mol. The molecule has 0 unspecified atom stereocenters. The molecule has 0 aliphatic rings. The average Bonchev–Trinajstić information content (AvgIpc) is 2.98. The summed E-state index contributed by atoms with van der Waals surface area (Å²) in [6, 6.07) is 14.0. The molecular weight excluding hydrogens is 334 g/mol. The molecule has 0 saturated heterocycles. The first-order valence-corrected chi connectivity index (χ1v) is 8.87. The highest BCUT2D eigenvalue weighted by atomic mass is 32.1. The van der Waals surface area contributed by atoms with Gasteiger partial charge in [0, 0.05) is 12.6 Å². The molecule has 5 nitrogen and oxygen atoms in total. The van der Waals surface area contributed by atoms with Gasteiger partial charge in [-0.1, -0.05) is 30.4 Å². The normalized spacial score (nSPS) is 12.6. The summed E-state index contributed by atoms with van der Waals surface area (Å²) in [4.78, 5) is 0.868. The van der Waals surface area contributed by atoms with Crippen LogP contribution in [0.4, 0.5) is 0 Å². The van der Waals surface area contributed by atoms with Crippen molar-refractivity contribution in [2.45, 2.75) is 13.3 Å². The summed E-state index contributed by atoms with van der Waals surface area (Å²) < 4.78 is 13.9. The van der Waals surface area contributed by atoms with Gasteiger partial charge in [-0.3, -0.25) is 0 Å². The molecule has 0 spiro atoms. The Bertz CT molecular complexity index is 986. The summed E-state index contributed by atoms with van der Waals surface area (Å²) in [6.45, 7) is 2.07. The van der Waals surface area contributed by atoms with Crippen molar-refractivity contribution in [2.75, 3.05) is 14.2 Å². The van der Waals surface area contributed by atoms with Gasteiger partial charge in [0.2, 0.25) is 4.80 Å². The standard InChI is InChI=1S/C19H21N3O2S/c1-5-14(13-10-11-16(23-3)17(12-13)24-4)20-21-19-22(2)15-8-6-7-9-18(15)25-19/h6-12H,5H2,1-4H3/b20-14+,21-19-. The van der Waals surface area contributed by atoms with Crippen LogP contribution in [0.15, 0.2) is 52.7 Å². The molecule has 0 aliphatic carbocycles. The highest BCUT2D eigenvalue weighted by Crippen LogP contribution is 2.28.